The van der Waals surface area contributed by atoms with E-state index < -0.39 is 0 Å². The van der Waals surface area contributed by atoms with E-state index in [4.69, 9.17) is 9.47 Å². The van der Waals surface area contributed by atoms with Crippen molar-refractivity contribution in [3.63, 3.8) is 0 Å². The van der Waals surface area contributed by atoms with E-state index >= 15 is 0 Å². The number of methoxy groups -OCH3 is 2. The standard InChI is InChI=1S/C16H22N4O3/c1-12(20-11-17-10-18-20)16(21)19(2)8-7-13-5-6-14(22-3)15(9-13)23-4/h5-6,9-12H,7-8H2,1-4H3. The minimum Gasteiger partial charge on any atom is -0.493 e. The first-order chi connectivity index (χ1) is 11.1. The van der Waals surface area contributed by atoms with Crippen LogP contribution in [-0.2, 0) is 11.2 Å². The van der Waals surface area contributed by atoms with E-state index in [0.717, 1.165) is 12.0 Å². The van der Waals surface area contributed by atoms with Gasteiger partial charge in [0.1, 0.15) is 18.7 Å². The van der Waals surface area contributed by atoms with Crippen LogP contribution in [0.3, 0.4) is 0 Å². The first-order valence-electron chi connectivity index (χ1n) is 7.36. The van der Waals surface area contributed by atoms with Gasteiger partial charge in [0.25, 0.3) is 0 Å². The molecule has 1 aromatic carbocycles. The van der Waals surface area contributed by atoms with Gasteiger partial charge in [0.05, 0.1) is 14.2 Å². The lowest BCUT2D eigenvalue weighted by Gasteiger charge is -2.21. The van der Waals surface area contributed by atoms with Crippen molar-refractivity contribution in [2.75, 3.05) is 27.8 Å². The maximum Gasteiger partial charge on any atom is 0.246 e. The van der Waals surface area contributed by atoms with E-state index in [-0.39, 0.29) is 11.9 Å². The van der Waals surface area contributed by atoms with Crippen LogP contribution < -0.4 is 9.47 Å². The summed E-state index contributed by atoms with van der Waals surface area (Å²) in [6.45, 7) is 2.41. The zero-order valence-corrected chi connectivity index (χ0v) is 13.9. The first-order valence-corrected chi connectivity index (χ1v) is 7.36. The van der Waals surface area contributed by atoms with E-state index in [1.807, 2.05) is 25.1 Å². The number of ether oxygens (including phenoxy) is 2. The fraction of sp³-hybridized carbons (Fsp3) is 0.438. The van der Waals surface area contributed by atoms with Gasteiger partial charge >= 0.3 is 0 Å². The molecule has 0 spiro atoms. The lowest BCUT2D eigenvalue weighted by atomic mass is 10.1. The summed E-state index contributed by atoms with van der Waals surface area (Å²) in [7, 11) is 5.00. The highest BCUT2D eigenvalue weighted by Crippen LogP contribution is 2.27. The summed E-state index contributed by atoms with van der Waals surface area (Å²) in [6.07, 6.45) is 3.70. The third kappa shape index (κ3) is 4.00. The number of aromatic nitrogens is 3. The molecule has 23 heavy (non-hydrogen) atoms. The summed E-state index contributed by atoms with van der Waals surface area (Å²) in [5.41, 5.74) is 1.08. The van der Waals surface area contributed by atoms with Crippen molar-refractivity contribution in [2.24, 2.45) is 0 Å². The quantitative estimate of drug-likeness (QED) is 0.775. The number of amides is 1. The normalized spacial score (nSPS) is 11.8. The largest absolute Gasteiger partial charge is 0.493 e. The van der Waals surface area contributed by atoms with Crippen molar-refractivity contribution in [2.45, 2.75) is 19.4 Å². The third-order valence-corrected chi connectivity index (χ3v) is 3.75. The molecule has 7 heteroatoms. The molecular formula is C16H22N4O3. The van der Waals surface area contributed by atoms with Gasteiger partial charge < -0.3 is 14.4 Å². The summed E-state index contributed by atoms with van der Waals surface area (Å²) in [5.74, 6) is 1.38. The maximum atomic E-state index is 12.4. The van der Waals surface area contributed by atoms with E-state index in [1.54, 1.807) is 37.2 Å². The van der Waals surface area contributed by atoms with Gasteiger partial charge in [0, 0.05) is 13.6 Å². The number of hydrogen-bond donors (Lipinski definition) is 0. The topological polar surface area (TPSA) is 69.5 Å². The van der Waals surface area contributed by atoms with Gasteiger partial charge in [-0.15, -0.1) is 0 Å². The van der Waals surface area contributed by atoms with Crippen molar-refractivity contribution in [3.8, 4) is 11.5 Å². The summed E-state index contributed by atoms with van der Waals surface area (Å²) in [6, 6.07) is 5.40. The molecule has 1 unspecified atom stereocenters. The van der Waals surface area contributed by atoms with Gasteiger partial charge in [-0.3, -0.25) is 4.79 Å². The zero-order valence-electron chi connectivity index (χ0n) is 13.9. The Balaban J connectivity index is 1.96. The smallest absolute Gasteiger partial charge is 0.246 e. The molecule has 124 valence electrons. The fourth-order valence-electron chi connectivity index (χ4n) is 2.29. The molecule has 0 aliphatic heterocycles. The van der Waals surface area contributed by atoms with Crippen molar-refractivity contribution in [1.29, 1.82) is 0 Å². The van der Waals surface area contributed by atoms with Crippen molar-refractivity contribution < 1.29 is 14.3 Å². The second kappa shape index (κ2) is 7.62. The van der Waals surface area contributed by atoms with E-state index in [0.29, 0.717) is 18.0 Å². The van der Waals surface area contributed by atoms with Crippen LogP contribution in [0.4, 0.5) is 0 Å². The summed E-state index contributed by atoms with van der Waals surface area (Å²) >= 11 is 0. The molecule has 0 radical (unpaired) electrons. The van der Waals surface area contributed by atoms with E-state index in [9.17, 15) is 4.79 Å². The Morgan fingerprint density at radius 2 is 2.04 bits per heavy atom. The SMILES string of the molecule is COc1ccc(CCN(C)C(=O)C(C)n2cncn2)cc1OC. The highest BCUT2D eigenvalue weighted by Gasteiger charge is 2.19. The maximum absolute atomic E-state index is 12.4. The summed E-state index contributed by atoms with van der Waals surface area (Å²) < 4.78 is 12.1. The lowest BCUT2D eigenvalue weighted by molar-refractivity contribution is -0.133. The number of hydrogen-bond acceptors (Lipinski definition) is 5. The van der Waals surface area contributed by atoms with E-state index in [2.05, 4.69) is 10.1 Å². The second-order valence-electron chi connectivity index (χ2n) is 5.25. The molecule has 0 aliphatic carbocycles. The first kappa shape index (κ1) is 16.8. The Morgan fingerprint density at radius 3 is 2.65 bits per heavy atom. The third-order valence-electron chi connectivity index (χ3n) is 3.75. The van der Waals surface area contributed by atoms with Crippen LogP contribution in [0.1, 0.15) is 18.5 Å². The number of rotatable bonds is 7. The van der Waals surface area contributed by atoms with Gasteiger partial charge in [0.2, 0.25) is 5.91 Å². The monoisotopic (exact) mass is 318 g/mol. The zero-order chi connectivity index (χ0) is 16.8. The molecule has 1 amide bonds. The van der Waals surface area contributed by atoms with Crippen molar-refractivity contribution in [1.82, 2.24) is 19.7 Å². The molecule has 1 aromatic heterocycles. The minimum atomic E-state index is -0.368. The van der Waals surface area contributed by atoms with Gasteiger partial charge in [0.15, 0.2) is 11.5 Å². The molecule has 0 saturated heterocycles. The molecule has 0 aliphatic rings. The Kier molecular flexibility index (Phi) is 5.56. The van der Waals surface area contributed by atoms with Crippen LogP contribution in [0.15, 0.2) is 30.9 Å². The van der Waals surface area contributed by atoms with Crippen molar-refractivity contribution in [3.05, 3.63) is 36.4 Å². The van der Waals surface area contributed by atoms with Gasteiger partial charge in [-0.25, -0.2) is 9.67 Å². The molecule has 2 aromatic rings. The molecule has 1 atom stereocenters. The van der Waals surface area contributed by atoms with Gasteiger partial charge in [-0.1, -0.05) is 6.07 Å². The summed E-state index contributed by atoms with van der Waals surface area (Å²) in [5, 5.41) is 4.01. The predicted octanol–water partition coefficient (Wildman–Crippen LogP) is 1.56. The van der Waals surface area contributed by atoms with Gasteiger partial charge in [-0.05, 0) is 31.0 Å². The molecule has 0 saturated carbocycles. The molecule has 7 nitrogen and oxygen atoms in total. The number of benzene rings is 1. The average Bonchev–Trinajstić information content (AvgIpc) is 3.12. The molecular weight excluding hydrogens is 296 g/mol. The average molecular weight is 318 g/mol. The molecule has 0 N–H and O–H groups in total. The van der Waals surface area contributed by atoms with Crippen LogP contribution in [0, 0.1) is 0 Å². The van der Waals surface area contributed by atoms with Crippen molar-refractivity contribution >= 4 is 5.91 Å². The summed E-state index contributed by atoms with van der Waals surface area (Å²) in [4.78, 5) is 17.9. The molecule has 2 rings (SSSR count). The minimum absolute atomic E-state index is 0.00373. The van der Waals surface area contributed by atoms with Crippen LogP contribution in [-0.4, -0.2) is 53.4 Å². The number of likely N-dealkylation sites (N-methyl/N-ethyl adjacent to an activating group) is 1. The lowest BCUT2D eigenvalue weighted by Crippen LogP contribution is -2.34. The Bertz CT molecular complexity index is 643. The molecule has 0 bridgehead atoms. The van der Waals surface area contributed by atoms with Crippen LogP contribution in [0.25, 0.3) is 0 Å². The fourth-order valence-corrected chi connectivity index (χ4v) is 2.29. The molecule has 0 fully saturated rings. The Labute approximate surface area is 135 Å². The van der Waals surface area contributed by atoms with Crippen LogP contribution >= 0.6 is 0 Å². The van der Waals surface area contributed by atoms with Crippen LogP contribution in [0.2, 0.25) is 0 Å². The Morgan fingerprint density at radius 1 is 1.30 bits per heavy atom. The van der Waals surface area contributed by atoms with E-state index in [1.165, 1.54) is 6.33 Å². The highest BCUT2D eigenvalue weighted by atomic mass is 16.5. The molecule has 1 heterocycles. The number of nitrogens with zero attached hydrogens (tertiary/aromatic N) is 4. The second-order valence-corrected chi connectivity index (χ2v) is 5.25. The number of carbonyl (C=O) groups excluding carboxylic acids is 1. The van der Waals surface area contributed by atoms with Gasteiger partial charge in [-0.2, -0.15) is 5.10 Å². The number of carbonyl (C=O) groups is 1. The predicted molar refractivity (Wildman–Crippen MR) is 85.6 cm³/mol. The van der Waals surface area contributed by atoms with Crippen LogP contribution in [0.5, 0.6) is 11.5 Å². The highest BCUT2D eigenvalue weighted by molar-refractivity contribution is 5.79. The Hall–Kier alpha value is -2.57.